The third-order valence-corrected chi connectivity index (χ3v) is 3.65. The lowest BCUT2D eigenvalue weighted by molar-refractivity contribution is 0.0295. The van der Waals surface area contributed by atoms with Crippen molar-refractivity contribution >= 4 is 0 Å². The number of hydrogen-bond acceptors (Lipinski definition) is 3. The largest absolute Gasteiger partial charge is 0.377 e. The zero-order valence-corrected chi connectivity index (χ0v) is 11.6. The Bertz CT molecular complexity index is 363. The highest BCUT2D eigenvalue weighted by molar-refractivity contribution is 5.08. The molecule has 1 atom stereocenters. The Morgan fingerprint density at radius 2 is 2.16 bits per heavy atom. The molecule has 3 nitrogen and oxygen atoms in total. The van der Waals surface area contributed by atoms with Gasteiger partial charge in [0.2, 0.25) is 0 Å². The predicted octanol–water partition coefficient (Wildman–Crippen LogP) is 3.22. The average Bonchev–Trinajstić information content (AvgIpc) is 2.45. The van der Waals surface area contributed by atoms with E-state index in [-0.39, 0.29) is 11.9 Å². The zero-order chi connectivity index (χ0) is 13.5. The molecule has 0 spiro atoms. The van der Waals surface area contributed by atoms with Crippen LogP contribution in [0.25, 0.3) is 0 Å². The molecular formula is C15H23FN2O. The summed E-state index contributed by atoms with van der Waals surface area (Å²) in [5, 5.41) is 3.35. The number of nitrogens with zero attached hydrogens (tertiary/aromatic N) is 1. The molecule has 1 heterocycles. The quantitative estimate of drug-likeness (QED) is 0.803. The van der Waals surface area contributed by atoms with Crippen LogP contribution < -0.4 is 5.32 Å². The van der Waals surface area contributed by atoms with Gasteiger partial charge in [-0.2, -0.15) is 0 Å². The summed E-state index contributed by atoms with van der Waals surface area (Å²) in [5.74, 6) is -0.295. The van der Waals surface area contributed by atoms with Gasteiger partial charge in [-0.25, -0.2) is 4.39 Å². The van der Waals surface area contributed by atoms with Crippen LogP contribution in [0, 0.1) is 5.82 Å². The Balaban J connectivity index is 1.63. The lowest BCUT2D eigenvalue weighted by Gasteiger charge is -2.22. The molecule has 19 heavy (non-hydrogen) atoms. The maximum absolute atomic E-state index is 12.8. The molecule has 0 radical (unpaired) electrons. The molecule has 1 aromatic rings. The average molecular weight is 266 g/mol. The van der Waals surface area contributed by atoms with Crippen LogP contribution in [0.3, 0.4) is 0 Å². The van der Waals surface area contributed by atoms with Crippen LogP contribution in [0.15, 0.2) is 18.3 Å². The van der Waals surface area contributed by atoms with E-state index in [1.54, 1.807) is 6.07 Å². The molecule has 106 valence electrons. The summed E-state index contributed by atoms with van der Waals surface area (Å²) in [7, 11) is 0. The third kappa shape index (κ3) is 4.88. The molecule has 1 aromatic heterocycles. The summed E-state index contributed by atoms with van der Waals surface area (Å²) in [4.78, 5) is 4.07. The SMILES string of the molecule is CC(NCCOC1CCCCC1)c1ccc(F)cn1. The number of aromatic nitrogens is 1. The molecule has 0 amide bonds. The van der Waals surface area contributed by atoms with E-state index in [1.807, 2.05) is 6.92 Å². The van der Waals surface area contributed by atoms with Gasteiger partial charge in [0.25, 0.3) is 0 Å². The summed E-state index contributed by atoms with van der Waals surface area (Å²) >= 11 is 0. The van der Waals surface area contributed by atoms with Crippen molar-refractivity contribution in [2.45, 2.75) is 51.2 Å². The van der Waals surface area contributed by atoms with Gasteiger partial charge in [-0.3, -0.25) is 4.98 Å². The number of pyridine rings is 1. The van der Waals surface area contributed by atoms with Gasteiger partial charge in [0.1, 0.15) is 5.82 Å². The predicted molar refractivity (Wildman–Crippen MR) is 73.4 cm³/mol. The molecule has 0 aromatic carbocycles. The van der Waals surface area contributed by atoms with Crippen molar-refractivity contribution in [3.05, 3.63) is 29.8 Å². The topological polar surface area (TPSA) is 34.1 Å². The van der Waals surface area contributed by atoms with Crippen LogP contribution in [0.5, 0.6) is 0 Å². The first kappa shape index (κ1) is 14.4. The van der Waals surface area contributed by atoms with Crippen LogP contribution >= 0.6 is 0 Å². The van der Waals surface area contributed by atoms with Crippen molar-refractivity contribution in [1.82, 2.24) is 10.3 Å². The van der Waals surface area contributed by atoms with Crippen LogP contribution in [-0.4, -0.2) is 24.2 Å². The van der Waals surface area contributed by atoms with Gasteiger partial charge in [0.05, 0.1) is 24.6 Å². The van der Waals surface area contributed by atoms with Crippen LogP contribution in [0.1, 0.15) is 50.8 Å². The smallest absolute Gasteiger partial charge is 0.141 e. The minimum Gasteiger partial charge on any atom is -0.377 e. The minimum atomic E-state index is -0.295. The van der Waals surface area contributed by atoms with Gasteiger partial charge in [0.15, 0.2) is 0 Å². The maximum Gasteiger partial charge on any atom is 0.141 e. The summed E-state index contributed by atoms with van der Waals surface area (Å²) in [6.07, 6.45) is 8.07. The van der Waals surface area contributed by atoms with E-state index < -0.39 is 0 Å². The molecule has 4 heteroatoms. The second-order valence-electron chi connectivity index (χ2n) is 5.21. The highest BCUT2D eigenvalue weighted by Crippen LogP contribution is 2.20. The number of ether oxygens (including phenoxy) is 1. The molecule has 0 saturated heterocycles. The number of halogens is 1. The number of rotatable bonds is 6. The van der Waals surface area contributed by atoms with Gasteiger partial charge >= 0.3 is 0 Å². The standard InChI is InChI=1S/C15H23FN2O/c1-12(15-8-7-13(16)11-18-15)17-9-10-19-14-5-3-2-4-6-14/h7-8,11-12,14,17H,2-6,9-10H2,1H3. The molecule has 1 aliphatic carbocycles. The molecule has 1 fully saturated rings. The van der Waals surface area contributed by atoms with E-state index in [1.165, 1.54) is 44.4 Å². The van der Waals surface area contributed by atoms with E-state index in [4.69, 9.17) is 4.74 Å². The summed E-state index contributed by atoms with van der Waals surface area (Å²) in [5.41, 5.74) is 0.860. The Kier molecular flexibility index (Phi) is 5.73. The normalized spacial score (nSPS) is 18.4. The Morgan fingerprint density at radius 1 is 1.37 bits per heavy atom. The summed E-state index contributed by atoms with van der Waals surface area (Å²) in [6.45, 7) is 3.56. The van der Waals surface area contributed by atoms with Crippen molar-refractivity contribution in [1.29, 1.82) is 0 Å². The van der Waals surface area contributed by atoms with Gasteiger partial charge < -0.3 is 10.1 Å². The highest BCUT2D eigenvalue weighted by atomic mass is 19.1. The number of hydrogen-bond donors (Lipinski definition) is 1. The molecular weight excluding hydrogens is 243 g/mol. The monoisotopic (exact) mass is 266 g/mol. The minimum absolute atomic E-state index is 0.121. The fraction of sp³-hybridized carbons (Fsp3) is 0.667. The van der Waals surface area contributed by atoms with Crippen LogP contribution in [0.4, 0.5) is 4.39 Å². The highest BCUT2D eigenvalue weighted by Gasteiger charge is 2.13. The van der Waals surface area contributed by atoms with Crippen LogP contribution in [0.2, 0.25) is 0 Å². The first-order chi connectivity index (χ1) is 9.25. The van der Waals surface area contributed by atoms with Crippen molar-refractivity contribution in [3.63, 3.8) is 0 Å². The van der Waals surface area contributed by atoms with Crippen LogP contribution in [-0.2, 0) is 4.74 Å². The molecule has 1 unspecified atom stereocenters. The van der Waals surface area contributed by atoms with Gasteiger partial charge in [0, 0.05) is 12.6 Å². The van der Waals surface area contributed by atoms with E-state index in [9.17, 15) is 4.39 Å². The molecule has 2 rings (SSSR count). The van der Waals surface area contributed by atoms with Gasteiger partial charge in [-0.05, 0) is 31.9 Å². The van der Waals surface area contributed by atoms with E-state index >= 15 is 0 Å². The lowest BCUT2D eigenvalue weighted by atomic mass is 9.98. The lowest BCUT2D eigenvalue weighted by Crippen LogP contribution is -2.27. The van der Waals surface area contributed by atoms with Crippen molar-refractivity contribution < 1.29 is 9.13 Å². The Morgan fingerprint density at radius 3 is 2.84 bits per heavy atom. The fourth-order valence-corrected chi connectivity index (χ4v) is 2.48. The Hall–Kier alpha value is -1.00. The van der Waals surface area contributed by atoms with Crippen molar-refractivity contribution in [3.8, 4) is 0 Å². The summed E-state index contributed by atoms with van der Waals surface area (Å²) < 4.78 is 18.6. The van der Waals surface area contributed by atoms with Crippen molar-refractivity contribution in [2.24, 2.45) is 0 Å². The van der Waals surface area contributed by atoms with Crippen molar-refractivity contribution in [2.75, 3.05) is 13.2 Å². The van der Waals surface area contributed by atoms with Gasteiger partial charge in [-0.15, -0.1) is 0 Å². The molecule has 0 bridgehead atoms. The van der Waals surface area contributed by atoms with E-state index in [0.717, 1.165) is 18.8 Å². The molecule has 1 N–H and O–H groups in total. The molecule has 0 aliphatic heterocycles. The third-order valence-electron chi connectivity index (χ3n) is 3.65. The van der Waals surface area contributed by atoms with Gasteiger partial charge in [-0.1, -0.05) is 19.3 Å². The molecule has 1 aliphatic rings. The summed E-state index contributed by atoms with van der Waals surface area (Å²) in [6, 6.07) is 3.28. The fourth-order valence-electron chi connectivity index (χ4n) is 2.48. The van der Waals surface area contributed by atoms with E-state index in [2.05, 4.69) is 10.3 Å². The second-order valence-corrected chi connectivity index (χ2v) is 5.21. The first-order valence-corrected chi connectivity index (χ1v) is 7.22. The Labute approximate surface area is 114 Å². The number of nitrogens with one attached hydrogen (secondary N) is 1. The molecule has 1 saturated carbocycles. The first-order valence-electron chi connectivity index (χ1n) is 7.22. The van der Waals surface area contributed by atoms with E-state index in [0.29, 0.717) is 6.10 Å². The maximum atomic E-state index is 12.8. The zero-order valence-electron chi connectivity index (χ0n) is 11.6. The second kappa shape index (κ2) is 7.56.